The molecule has 102 valence electrons. The minimum absolute atomic E-state index is 0.0717. The lowest BCUT2D eigenvalue weighted by Gasteiger charge is -2.08. The van der Waals surface area contributed by atoms with E-state index in [0.29, 0.717) is 16.1 Å². The van der Waals surface area contributed by atoms with Crippen molar-refractivity contribution in [2.45, 2.75) is 17.6 Å². The SMILES string of the molecule is Cc1cc(N)ccc1S(=O)Cc1ccc(C#N)cc1F. The van der Waals surface area contributed by atoms with Gasteiger partial charge in [0, 0.05) is 16.1 Å². The van der Waals surface area contributed by atoms with Crippen LogP contribution in [0.15, 0.2) is 41.3 Å². The second kappa shape index (κ2) is 5.85. The first-order chi connectivity index (χ1) is 9.51. The van der Waals surface area contributed by atoms with Crippen LogP contribution in [0.3, 0.4) is 0 Å². The molecule has 2 aromatic rings. The second-order valence-electron chi connectivity index (χ2n) is 4.43. The maximum absolute atomic E-state index is 13.8. The van der Waals surface area contributed by atoms with Gasteiger partial charge in [0.2, 0.25) is 0 Å². The summed E-state index contributed by atoms with van der Waals surface area (Å²) in [6.07, 6.45) is 0. The van der Waals surface area contributed by atoms with E-state index in [4.69, 9.17) is 11.0 Å². The third-order valence-electron chi connectivity index (χ3n) is 2.91. The first-order valence-electron chi connectivity index (χ1n) is 5.94. The molecule has 0 radical (unpaired) electrons. The fourth-order valence-electron chi connectivity index (χ4n) is 1.88. The van der Waals surface area contributed by atoms with Gasteiger partial charge < -0.3 is 5.73 Å². The van der Waals surface area contributed by atoms with Crippen molar-refractivity contribution in [3.63, 3.8) is 0 Å². The van der Waals surface area contributed by atoms with Crippen molar-refractivity contribution in [3.05, 3.63) is 58.9 Å². The summed E-state index contributed by atoms with van der Waals surface area (Å²) < 4.78 is 26.1. The Morgan fingerprint density at radius 2 is 2.05 bits per heavy atom. The van der Waals surface area contributed by atoms with E-state index in [1.54, 1.807) is 18.2 Å². The minimum Gasteiger partial charge on any atom is -0.399 e. The summed E-state index contributed by atoms with van der Waals surface area (Å²) in [6, 6.07) is 11.1. The third-order valence-corrected chi connectivity index (χ3v) is 4.43. The number of anilines is 1. The van der Waals surface area contributed by atoms with Gasteiger partial charge in [0.05, 0.1) is 28.2 Å². The van der Waals surface area contributed by atoms with E-state index in [0.717, 1.165) is 11.6 Å². The highest BCUT2D eigenvalue weighted by Crippen LogP contribution is 2.20. The summed E-state index contributed by atoms with van der Waals surface area (Å²) in [5.74, 6) is -0.437. The van der Waals surface area contributed by atoms with E-state index >= 15 is 0 Å². The number of benzene rings is 2. The van der Waals surface area contributed by atoms with Gasteiger partial charge in [-0.05, 0) is 42.8 Å². The highest BCUT2D eigenvalue weighted by Gasteiger charge is 2.12. The normalized spacial score (nSPS) is 11.8. The number of nitrogens with two attached hydrogens (primary N) is 1. The second-order valence-corrected chi connectivity index (χ2v) is 5.85. The standard InChI is InChI=1S/C15H13FN2OS/c1-10-6-13(18)4-5-15(10)20(19)9-12-3-2-11(8-17)7-14(12)16/h2-7H,9,18H2,1H3. The number of nitrogens with zero attached hydrogens (tertiary/aromatic N) is 1. The van der Waals surface area contributed by atoms with E-state index in [-0.39, 0.29) is 11.3 Å². The van der Waals surface area contributed by atoms with Crippen LogP contribution in [-0.2, 0) is 16.6 Å². The summed E-state index contributed by atoms with van der Waals surface area (Å²) in [4.78, 5) is 0.642. The average Bonchev–Trinajstić information content (AvgIpc) is 2.40. The van der Waals surface area contributed by atoms with Crippen LogP contribution in [0.25, 0.3) is 0 Å². The molecule has 0 aliphatic rings. The Hall–Kier alpha value is -2.19. The van der Waals surface area contributed by atoms with E-state index in [9.17, 15) is 8.60 Å². The molecule has 5 heteroatoms. The van der Waals surface area contributed by atoms with Crippen molar-refractivity contribution < 1.29 is 8.60 Å². The van der Waals surface area contributed by atoms with Crippen LogP contribution in [0.5, 0.6) is 0 Å². The maximum Gasteiger partial charge on any atom is 0.128 e. The fraction of sp³-hybridized carbons (Fsp3) is 0.133. The molecule has 20 heavy (non-hydrogen) atoms. The molecule has 0 amide bonds. The zero-order valence-corrected chi connectivity index (χ0v) is 11.7. The third kappa shape index (κ3) is 3.03. The van der Waals surface area contributed by atoms with Crippen LogP contribution in [0.2, 0.25) is 0 Å². The zero-order chi connectivity index (χ0) is 14.7. The van der Waals surface area contributed by atoms with Gasteiger partial charge in [-0.3, -0.25) is 4.21 Å². The summed E-state index contributed by atoms with van der Waals surface area (Å²) in [5.41, 5.74) is 7.65. The smallest absolute Gasteiger partial charge is 0.128 e. The molecule has 0 saturated heterocycles. The predicted octanol–water partition coefficient (Wildman–Crippen LogP) is 2.90. The van der Waals surface area contributed by atoms with Gasteiger partial charge in [0.1, 0.15) is 5.82 Å². The quantitative estimate of drug-likeness (QED) is 0.883. The Balaban J connectivity index is 2.26. The average molecular weight is 288 g/mol. The lowest BCUT2D eigenvalue weighted by atomic mass is 10.1. The van der Waals surface area contributed by atoms with Gasteiger partial charge in [0.15, 0.2) is 0 Å². The van der Waals surface area contributed by atoms with Crippen LogP contribution >= 0.6 is 0 Å². The predicted molar refractivity (Wildman–Crippen MR) is 76.8 cm³/mol. The van der Waals surface area contributed by atoms with Crippen LogP contribution in [0.1, 0.15) is 16.7 Å². The topological polar surface area (TPSA) is 66.9 Å². The van der Waals surface area contributed by atoms with Crippen molar-refractivity contribution in [1.29, 1.82) is 5.26 Å². The molecule has 0 aliphatic carbocycles. The molecule has 0 fully saturated rings. The molecular formula is C15H13FN2OS. The summed E-state index contributed by atoms with van der Waals surface area (Å²) >= 11 is 0. The Morgan fingerprint density at radius 1 is 1.30 bits per heavy atom. The fourth-order valence-corrected chi connectivity index (χ4v) is 3.19. The molecular weight excluding hydrogens is 275 g/mol. The molecule has 0 aliphatic heterocycles. The Kier molecular flexibility index (Phi) is 4.16. The van der Waals surface area contributed by atoms with Gasteiger partial charge in [-0.1, -0.05) is 6.07 Å². The molecule has 0 saturated carbocycles. The van der Waals surface area contributed by atoms with Gasteiger partial charge in [-0.15, -0.1) is 0 Å². The molecule has 2 rings (SSSR count). The van der Waals surface area contributed by atoms with Crippen molar-refractivity contribution in [2.24, 2.45) is 0 Å². The number of aryl methyl sites for hydroxylation is 1. The number of hydrogen-bond acceptors (Lipinski definition) is 3. The van der Waals surface area contributed by atoms with Crippen LogP contribution in [0.4, 0.5) is 10.1 Å². The minimum atomic E-state index is -1.35. The number of halogens is 1. The number of rotatable bonds is 3. The Morgan fingerprint density at radius 3 is 2.65 bits per heavy atom. The molecule has 0 heterocycles. The molecule has 1 atom stereocenters. The maximum atomic E-state index is 13.8. The van der Waals surface area contributed by atoms with Gasteiger partial charge in [-0.2, -0.15) is 5.26 Å². The first kappa shape index (κ1) is 14.2. The van der Waals surface area contributed by atoms with Crippen molar-refractivity contribution in [1.82, 2.24) is 0 Å². The van der Waals surface area contributed by atoms with Crippen LogP contribution in [0, 0.1) is 24.1 Å². The highest BCUT2D eigenvalue weighted by atomic mass is 32.2. The molecule has 2 N–H and O–H groups in total. The van der Waals surface area contributed by atoms with Crippen LogP contribution in [-0.4, -0.2) is 4.21 Å². The molecule has 0 bridgehead atoms. The molecule has 3 nitrogen and oxygen atoms in total. The molecule has 0 aromatic heterocycles. The van der Waals surface area contributed by atoms with Crippen molar-refractivity contribution in [2.75, 3.05) is 5.73 Å². The number of hydrogen-bond donors (Lipinski definition) is 1. The largest absolute Gasteiger partial charge is 0.399 e. The lowest BCUT2D eigenvalue weighted by Crippen LogP contribution is -2.02. The summed E-state index contributed by atoms with van der Waals surface area (Å²) in [5, 5.41) is 8.69. The van der Waals surface area contributed by atoms with Crippen LogP contribution < -0.4 is 5.73 Å². The molecule has 0 spiro atoms. The van der Waals surface area contributed by atoms with Gasteiger partial charge in [0.25, 0.3) is 0 Å². The number of nitrogen functional groups attached to an aromatic ring is 1. The molecule has 1 unspecified atom stereocenters. The summed E-state index contributed by atoms with van der Waals surface area (Å²) in [7, 11) is -1.35. The van der Waals surface area contributed by atoms with E-state index in [2.05, 4.69) is 0 Å². The van der Waals surface area contributed by atoms with E-state index in [1.165, 1.54) is 12.1 Å². The Labute approximate surface area is 119 Å². The highest BCUT2D eigenvalue weighted by molar-refractivity contribution is 7.84. The lowest BCUT2D eigenvalue weighted by molar-refractivity contribution is 0.614. The monoisotopic (exact) mass is 288 g/mol. The number of nitriles is 1. The first-order valence-corrected chi connectivity index (χ1v) is 7.26. The van der Waals surface area contributed by atoms with Crippen molar-refractivity contribution in [3.8, 4) is 6.07 Å². The summed E-state index contributed by atoms with van der Waals surface area (Å²) in [6.45, 7) is 1.82. The van der Waals surface area contributed by atoms with E-state index in [1.807, 2.05) is 13.0 Å². The Bertz CT molecular complexity index is 722. The van der Waals surface area contributed by atoms with E-state index < -0.39 is 16.6 Å². The van der Waals surface area contributed by atoms with Gasteiger partial charge >= 0.3 is 0 Å². The van der Waals surface area contributed by atoms with Crippen molar-refractivity contribution >= 4 is 16.5 Å². The molecule has 2 aromatic carbocycles. The zero-order valence-electron chi connectivity index (χ0n) is 10.9. The van der Waals surface area contributed by atoms with Gasteiger partial charge in [-0.25, -0.2) is 4.39 Å².